The van der Waals surface area contributed by atoms with E-state index in [1.807, 2.05) is 0 Å². The zero-order valence-electron chi connectivity index (χ0n) is 16.7. The summed E-state index contributed by atoms with van der Waals surface area (Å²) in [4.78, 5) is 29.6. The molecule has 2 aromatic rings. The molecule has 2 saturated heterocycles. The Morgan fingerprint density at radius 2 is 2.00 bits per heavy atom. The van der Waals surface area contributed by atoms with Crippen molar-refractivity contribution in [1.82, 2.24) is 19.5 Å². The number of carbonyl (C=O) groups excluding carboxylic acids is 2. The van der Waals surface area contributed by atoms with Gasteiger partial charge in [-0.1, -0.05) is 0 Å². The Balaban J connectivity index is 1.41. The fourth-order valence-corrected chi connectivity index (χ4v) is 5.51. The Kier molecular flexibility index (Phi) is 5.96. The van der Waals surface area contributed by atoms with Gasteiger partial charge in [-0.15, -0.1) is 0 Å². The molecule has 2 aromatic heterocycles. The highest BCUT2D eigenvalue weighted by molar-refractivity contribution is 7.89. The lowest BCUT2D eigenvalue weighted by Crippen LogP contribution is -2.45. The zero-order chi connectivity index (χ0) is 21.1. The van der Waals surface area contributed by atoms with Gasteiger partial charge < -0.3 is 19.6 Å². The summed E-state index contributed by atoms with van der Waals surface area (Å²) in [6.07, 6.45) is 6.06. The average Bonchev–Trinajstić information content (AvgIpc) is 3.53. The number of sulfonamides is 1. The Morgan fingerprint density at radius 3 is 2.73 bits per heavy atom. The van der Waals surface area contributed by atoms with Crippen LogP contribution >= 0.6 is 0 Å². The molecule has 2 N–H and O–H groups in total. The summed E-state index contributed by atoms with van der Waals surface area (Å²) in [5, 5.41) is 2.81. The highest BCUT2D eigenvalue weighted by atomic mass is 32.2. The molecule has 0 aliphatic carbocycles. The Hall–Kier alpha value is -2.59. The SMILES string of the molecule is O=C(NCc1ccco1)C1CCCN(S(=O)(=O)c2c[nH]c(C(=O)N3CCCC3)c2)C1. The van der Waals surface area contributed by atoms with Crippen LogP contribution in [0, 0.1) is 5.92 Å². The Labute approximate surface area is 175 Å². The van der Waals surface area contributed by atoms with Gasteiger partial charge in [-0.25, -0.2) is 8.42 Å². The van der Waals surface area contributed by atoms with Crippen LogP contribution in [0.2, 0.25) is 0 Å². The maximum Gasteiger partial charge on any atom is 0.270 e. The third kappa shape index (κ3) is 4.29. The van der Waals surface area contributed by atoms with Gasteiger partial charge in [0.1, 0.15) is 16.3 Å². The van der Waals surface area contributed by atoms with Gasteiger partial charge in [0.15, 0.2) is 0 Å². The molecule has 2 aliphatic rings. The summed E-state index contributed by atoms with van der Waals surface area (Å²) in [5.41, 5.74) is 0.278. The minimum Gasteiger partial charge on any atom is -0.467 e. The van der Waals surface area contributed by atoms with Crippen molar-refractivity contribution in [1.29, 1.82) is 0 Å². The molecule has 2 aliphatic heterocycles. The molecule has 0 radical (unpaired) electrons. The van der Waals surface area contributed by atoms with E-state index in [0.29, 0.717) is 38.2 Å². The third-order valence-electron chi connectivity index (χ3n) is 5.69. The van der Waals surface area contributed by atoms with Gasteiger partial charge in [-0.3, -0.25) is 9.59 Å². The number of amides is 2. The van der Waals surface area contributed by atoms with E-state index in [2.05, 4.69) is 10.3 Å². The number of rotatable bonds is 6. The van der Waals surface area contributed by atoms with Crippen LogP contribution in [0.3, 0.4) is 0 Å². The van der Waals surface area contributed by atoms with Crippen LogP contribution in [0.4, 0.5) is 0 Å². The first-order valence-corrected chi connectivity index (χ1v) is 11.7. The molecule has 4 heterocycles. The molecule has 10 heteroatoms. The van der Waals surface area contributed by atoms with Crippen LogP contribution in [0.25, 0.3) is 0 Å². The molecular formula is C20H26N4O5S. The van der Waals surface area contributed by atoms with Gasteiger partial charge in [-0.2, -0.15) is 4.31 Å². The van der Waals surface area contributed by atoms with Crippen molar-refractivity contribution in [2.45, 2.75) is 37.1 Å². The van der Waals surface area contributed by atoms with Crippen molar-refractivity contribution in [3.05, 3.63) is 42.1 Å². The third-order valence-corrected chi connectivity index (χ3v) is 7.53. The van der Waals surface area contributed by atoms with Crippen LogP contribution in [0.1, 0.15) is 41.9 Å². The zero-order valence-corrected chi connectivity index (χ0v) is 17.5. The van der Waals surface area contributed by atoms with Gasteiger partial charge in [0.25, 0.3) is 5.91 Å². The minimum atomic E-state index is -3.79. The molecule has 0 bridgehead atoms. The molecule has 162 valence electrons. The van der Waals surface area contributed by atoms with Gasteiger partial charge in [-0.05, 0) is 43.9 Å². The number of hydrogen-bond acceptors (Lipinski definition) is 5. The standard InChI is InChI=1S/C20H26N4O5S/c25-19(22-12-16-6-4-10-29-16)15-5-3-9-24(14-15)30(27,28)17-11-18(21-13-17)20(26)23-7-1-2-8-23/h4,6,10-11,13,15,21H,1-3,5,7-9,12,14H2,(H,22,25). The lowest BCUT2D eigenvalue weighted by atomic mass is 9.99. The summed E-state index contributed by atoms with van der Waals surface area (Å²) in [7, 11) is -3.79. The number of nitrogens with zero attached hydrogens (tertiary/aromatic N) is 2. The van der Waals surface area contributed by atoms with Crippen molar-refractivity contribution < 1.29 is 22.4 Å². The van der Waals surface area contributed by atoms with E-state index in [4.69, 9.17) is 4.42 Å². The second kappa shape index (κ2) is 8.65. The van der Waals surface area contributed by atoms with E-state index in [9.17, 15) is 18.0 Å². The molecule has 1 atom stereocenters. The number of aromatic nitrogens is 1. The van der Waals surface area contributed by atoms with Gasteiger partial charge >= 0.3 is 0 Å². The number of nitrogens with one attached hydrogen (secondary N) is 2. The van der Waals surface area contributed by atoms with Gasteiger partial charge in [0.2, 0.25) is 15.9 Å². The van der Waals surface area contributed by atoms with Crippen molar-refractivity contribution >= 4 is 21.8 Å². The summed E-state index contributed by atoms with van der Waals surface area (Å²) in [5.74, 6) is -0.146. The van der Waals surface area contributed by atoms with Crippen LogP contribution in [0.5, 0.6) is 0 Å². The molecule has 0 saturated carbocycles. The summed E-state index contributed by atoms with van der Waals surface area (Å²) in [6.45, 7) is 2.13. The highest BCUT2D eigenvalue weighted by Gasteiger charge is 2.34. The Morgan fingerprint density at radius 1 is 1.20 bits per heavy atom. The highest BCUT2D eigenvalue weighted by Crippen LogP contribution is 2.25. The number of piperidine rings is 1. The maximum absolute atomic E-state index is 13.1. The number of carbonyl (C=O) groups is 2. The topological polar surface area (TPSA) is 116 Å². The smallest absolute Gasteiger partial charge is 0.270 e. The van der Waals surface area contributed by atoms with Crippen LogP contribution in [-0.2, 0) is 21.4 Å². The average molecular weight is 435 g/mol. The molecule has 9 nitrogen and oxygen atoms in total. The van der Waals surface area contributed by atoms with Crippen LogP contribution < -0.4 is 5.32 Å². The fourth-order valence-electron chi connectivity index (χ4n) is 3.99. The molecule has 1 unspecified atom stereocenters. The molecule has 0 aromatic carbocycles. The van der Waals surface area contributed by atoms with Crippen molar-refractivity contribution in [2.75, 3.05) is 26.2 Å². The second-order valence-electron chi connectivity index (χ2n) is 7.75. The van der Waals surface area contributed by atoms with Crippen LogP contribution in [-0.4, -0.2) is 60.6 Å². The fraction of sp³-hybridized carbons (Fsp3) is 0.500. The molecule has 4 rings (SSSR count). The van der Waals surface area contributed by atoms with Crippen molar-refractivity contribution in [3.63, 3.8) is 0 Å². The van der Waals surface area contributed by atoms with E-state index < -0.39 is 15.9 Å². The number of hydrogen-bond donors (Lipinski definition) is 2. The normalized spacial score (nSPS) is 20.4. The van der Waals surface area contributed by atoms with E-state index in [0.717, 1.165) is 12.8 Å². The van der Waals surface area contributed by atoms with E-state index in [1.54, 1.807) is 17.0 Å². The predicted molar refractivity (Wildman–Crippen MR) is 108 cm³/mol. The molecule has 2 amide bonds. The molecular weight excluding hydrogens is 408 g/mol. The first-order chi connectivity index (χ1) is 14.4. The first-order valence-electron chi connectivity index (χ1n) is 10.2. The summed E-state index contributed by atoms with van der Waals surface area (Å²) >= 11 is 0. The predicted octanol–water partition coefficient (Wildman–Crippen LogP) is 1.56. The quantitative estimate of drug-likeness (QED) is 0.716. The summed E-state index contributed by atoms with van der Waals surface area (Å²) in [6, 6.07) is 4.91. The van der Waals surface area contributed by atoms with E-state index in [1.165, 1.54) is 22.8 Å². The van der Waals surface area contributed by atoms with E-state index >= 15 is 0 Å². The van der Waals surface area contributed by atoms with E-state index in [-0.39, 0.29) is 35.5 Å². The summed E-state index contributed by atoms with van der Waals surface area (Å²) < 4.78 is 32.7. The molecule has 30 heavy (non-hydrogen) atoms. The minimum absolute atomic E-state index is 0.0571. The first kappa shape index (κ1) is 20.7. The monoisotopic (exact) mass is 434 g/mol. The number of likely N-dealkylation sites (tertiary alicyclic amines) is 1. The van der Waals surface area contributed by atoms with Crippen molar-refractivity contribution in [3.8, 4) is 0 Å². The Bertz CT molecular complexity index is 992. The number of aromatic amines is 1. The van der Waals surface area contributed by atoms with Gasteiger partial charge in [0.05, 0.1) is 18.7 Å². The van der Waals surface area contributed by atoms with Gasteiger partial charge in [0, 0.05) is 32.4 Å². The molecule has 2 fully saturated rings. The number of furan rings is 1. The largest absolute Gasteiger partial charge is 0.467 e. The molecule has 0 spiro atoms. The van der Waals surface area contributed by atoms with Crippen LogP contribution in [0.15, 0.2) is 40.0 Å². The lowest BCUT2D eigenvalue weighted by Gasteiger charge is -2.30. The maximum atomic E-state index is 13.1. The lowest BCUT2D eigenvalue weighted by molar-refractivity contribution is -0.126. The second-order valence-corrected chi connectivity index (χ2v) is 9.69. The number of H-pyrrole nitrogens is 1. The van der Waals surface area contributed by atoms with Crippen molar-refractivity contribution in [2.24, 2.45) is 5.92 Å².